The number of carbonyl (C=O) groups is 1. The Bertz CT molecular complexity index is 818. The van der Waals surface area contributed by atoms with Crippen molar-refractivity contribution in [2.75, 3.05) is 7.05 Å². The molecule has 0 atom stereocenters. The van der Waals surface area contributed by atoms with Crippen LogP contribution in [0.2, 0.25) is 0 Å². The second-order valence-electron chi connectivity index (χ2n) is 4.42. The lowest BCUT2D eigenvalue weighted by molar-refractivity contribution is 0.0696. The maximum absolute atomic E-state index is 13.9. The third-order valence-corrected chi connectivity index (χ3v) is 5.14. The molecule has 22 heavy (non-hydrogen) atoms. The van der Waals surface area contributed by atoms with E-state index >= 15 is 0 Å². The molecule has 1 N–H and O–H groups in total. The summed E-state index contributed by atoms with van der Waals surface area (Å²) in [4.78, 5) is 10.2. The summed E-state index contributed by atoms with van der Waals surface area (Å²) in [5, 5.41) is 8.77. The van der Waals surface area contributed by atoms with Crippen molar-refractivity contribution in [3.05, 3.63) is 52.1 Å². The third kappa shape index (κ3) is 3.37. The molecule has 1 aromatic carbocycles. The van der Waals surface area contributed by atoms with E-state index in [4.69, 9.17) is 9.52 Å². The van der Waals surface area contributed by atoms with E-state index in [-0.39, 0.29) is 12.1 Å². The first kappa shape index (κ1) is 16.7. The predicted molar refractivity (Wildman–Crippen MR) is 78.4 cm³/mol. The van der Waals surface area contributed by atoms with Gasteiger partial charge in [-0.3, -0.25) is 0 Å². The highest BCUT2D eigenvalue weighted by Crippen LogP contribution is 2.22. The lowest BCUT2D eigenvalue weighted by Crippen LogP contribution is -2.27. The van der Waals surface area contributed by atoms with Crippen LogP contribution in [0, 0.1) is 5.82 Å². The number of halogens is 2. The number of carboxylic acids is 1. The highest BCUT2D eigenvalue weighted by atomic mass is 79.9. The summed E-state index contributed by atoms with van der Waals surface area (Å²) >= 11 is 3.10. The summed E-state index contributed by atoms with van der Waals surface area (Å²) < 4.78 is 45.1. The number of benzene rings is 1. The van der Waals surface area contributed by atoms with E-state index in [1.807, 2.05) is 0 Å². The molecule has 0 aliphatic carbocycles. The summed E-state index contributed by atoms with van der Waals surface area (Å²) in [5.74, 6) is -2.08. The van der Waals surface area contributed by atoms with Crippen LogP contribution in [0.25, 0.3) is 0 Å². The van der Waals surface area contributed by atoms with E-state index in [0.717, 1.165) is 16.4 Å². The fraction of sp³-hybridized carbons (Fsp3) is 0.154. The highest BCUT2D eigenvalue weighted by Gasteiger charge is 2.26. The van der Waals surface area contributed by atoms with Gasteiger partial charge in [-0.1, -0.05) is 0 Å². The summed E-state index contributed by atoms with van der Waals surface area (Å²) in [5.41, 5.74) is -0.325. The molecule has 0 fully saturated rings. The smallest absolute Gasteiger partial charge is 0.335 e. The Morgan fingerprint density at radius 1 is 1.36 bits per heavy atom. The predicted octanol–water partition coefficient (Wildman–Crippen LogP) is 2.70. The van der Waals surface area contributed by atoms with Gasteiger partial charge in [-0.05, 0) is 46.3 Å². The Morgan fingerprint density at radius 2 is 2.05 bits per heavy atom. The molecule has 2 rings (SSSR count). The van der Waals surface area contributed by atoms with Crippen molar-refractivity contribution in [3.63, 3.8) is 0 Å². The Hall–Kier alpha value is -1.71. The first-order chi connectivity index (χ1) is 10.2. The van der Waals surface area contributed by atoms with E-state index in [1.165, 1.54) is 7.05 Å². The molecule has 1 heterocycles. The Balaban J connectivity index is 2.31. The molecule has 0 amide bonds. The maximum Gasteiger partial charge on any atom is 0.335 e. The van der Waals surface area contributed by atoms with Gasteiger partial charge in [0.2, 0.25) is 10.0 Å². The number of furan rings is 1. The van der Waals surface area contributed by atoms with Gasteiger partial charge in [0.25, 0.3) is 0 Å². The van der Waals surface area contributed by atoms with Crippen molar-refractivity contribution in [2.45, 2.75) is 11.4 Å². The molecule has 118 valence electrons. The number of aromatic carboxylic acids is 1. The van der Waals surface area contributed by atoms with Crippen LogP contribution in [-0.4, -0.2) is 30.8 Å². The Labute approximate surface area is 134 Å². The van der Waals surface area contributed by atoms with Crippen LogP contribution >= 0.6 is 15.9 Å². The van der Waals surface area contributed by atoms with Gasteiger partial charge in [-0.25, -0.2) is 17.6 Å². The number of hydrogen-bond donors (Lipinski definition) is 1. The lowest BCUT2D eigenvalue weighted by atomic mass is 10.2. The van der Waals surface area contributed by atoms with Gasteiger partial charge < -0.3 is 9.52 Å². The second-order valence-corrected chi connectivity index (χ2v) is 7.21. The van der Waals surface area contributed by atoms with Gasteiger partial charge in [-0.15, -0.1) is 0 Å². The van der Waals surface area contributed by atoms with Crippen LogP contribution in [-0.2, 0) is 16.6 Å². The monoisotopic (exact) mass is 391 g/mol. The van der Waals surface area contributed by atoms with E-state index in [9.17, 15) is 17.6 Å². The molecule has 0 saturated heterocycles. The molecule has 0 saturated carbocycles. The van der Waals surface area contributed by atoms with Gasteiger partial charge in [0.05, 0.1) is 12.1 Å². The van der Waals surface area contributed by atoms with Crippen molar-refractivity contribution in [3.8, 4) is 0 Å². The minimum absolute atomic E-state index is 0.0892. The minimum atomic E-state index is -4.11. The first-order valence-corrected chi connectivity index (χ1v) is 8.18. The molecule has 6 nitrogen and oxygen atoms in total. The topological polar surface area (TPSA) is 87.8 Å². The number of nitrogens with zero attached hydrogens (tertiary/aromatic N) is 1. The van der Waals surface area contributed by atoms with Crippen molar-refractivity contribution in [1.82, 2.24) is 4.31 Å². The summed E-state index contributed by atoms with van der Waals surface area (Å²) in [7, 11) is -2.84. The average molecular weight is 392 g/mol. The third-order valence-electron chi connectivity index (χ3n) is 2.87. The SMILES string of the molecule is CN(Cc1ccc(Br)o1)S(=O)(=O)c1ccc(C(=O)O)cc1F. The fourth-order valence-corrected chi connectivity index (χ4v) is 3.27. The van der Waals surface area contributed by atoms with Gasteiger partial charge >= 0.3 is 5.97 Å². The van der Waals surface area contributed by atoms with Crippen molar-refractivity contribution < 1.29 is 27.1 Å². The molecule has 1 aromatic heterocycles. The lowest BCUT2D eigenvalue weighted by Gasteiger charge is -2.16. The summed E-state index contributed by atoms with van der Waals surface area (Å²) in [6.45, 7) is -0.0892. The number of carboxylic acid groups (broad SMARTS) is 1. The molecule has 9 heteroatoms. The number of sulfonamides is 1. The summed E-state index contributed by atoms with van der Waals surface area (Å²) in [6, 6.07) is 5.84. The van der Waals surface area contributed by atoms with Gasteiger partial charge in [0.1, 0.15) is 16.5 Å². The molecule has 0 aliphatic rings. The largest absolute Gasteiger partial charge is 0.478 e. The van der Waals surface area contributed by atoms with E-state index in [2.05, 4.69) is 15.9 Å². The molecular weight excluding hydrogens is 381 g/mol. The molecule has 0 bridgehead atoms. The number of hydrogen-bond acceptors (Lipinski definition) is 4. The zero-order valence-electron chi connectivity index (χ0n) is 11.3. The number of rotatable bonds is 5. The summed E-state index contributed by atoms with van der Waals surface area (Å²) in [6.07, 6.45) is 0. The zero-order valence-corrected chi connectivity index (χ0v) is 13.7. The quantitative estimate of drug-likeness (QED) is 0.846. The average Bonchev–Trinajstić information content (AvgIpc) is 2.83. The molecular formula is C13H11BrFNO5S. The first-order valence-electron chi connectivity index (χ1n) is 5.95. The Morgan fingerprint density at radius 3 is 2.55 bits per heavy atom. The highest BCUT2D eigenvalue weighted by molar-refractivity contribution is 9.10. The van der Waals surface area contributed by atoms with Crippen LogP contribution < -0.4 is 0 Å². The minimum Gasteiger partial charge on any atom is -0.478 e. The van der Waals surface area contributed by atoms with E-state index in [1.54, 1.807) is 12.1 Å². The zero-order chi connectivity index (χ0) is 16.5. The molecule has 2 aromatic rings. The fourth-order valence-electron chi connectivity index (χ4n) is 1.75. The van der Waals surface area contributed by atoms with Crippen molar-refractivity contribution in [1.29, 1.82) is 0 Å². The molecule has 0 unspecified atom stereocenters. The van der Waals surface area contributed by atoms with Crippen LogP contribution in [0.4, 0.5) is 4.39 Å². The van der Waals surface area contributed by atoms with E-state index in [0.29, 0.717) is 16.5 Å². The second kappa shape index (κ2) is 6.19. The van der Waals surface area contributed by atoms with E-state index < -0.39 is 26.7 Å². The van der Waals surface area contributed by atoms with Crippen LogP contribution in [0.5, 0.6) is 0 Å². The van der Waals surface area contributed by atoms with Crippen LogP contribution in [0.3, 0.4) is 0 Å². The molecule has 0 spiro atoms. The maximum atomic E-state index is 13.9. The van der Waals surface area contributed by atoms with Crippen molar-refractivity contribution in [2.24, 2.45) is 0 Å². The van der Waals surface area contributed by atoms with Crippen LogP contribution in [0.15, 0.2) is 44.3 Å². The molecule has 0 radical (unpaired) electrons. The standard InChI is InChI=1S/C13H11BrFNO5S/c1-16(7-9-3-5-12(14)21-9)22(19,20)11-4-2-8(13(17)18)6-10(11)15/h2-6H,7H2,1H3,(H,17,18). The normalized spacial score (nSPS) is 11.8. The van der Waals surface area contributed by atoms with Gasteiger partial charge in [0, 0.05) is 7.05 Å². The molecule has 0 aliphatic heterocycles. The van der Waals surface area contributed by atoms with Crippen LogP contribution in [0.1, 0.15) is 16.1 Å². The van der Waals surface area contributed by atoms with Gasteiger partial charge in [-0.2, -0.15) is 4.31 Å². The van der Waals surface area contributed by atoms with Gasteiger partial charge in [0.15, 0.2) is 4.67 Å². The Kier molecular flexibility index (Phi) is 4.69. The van der Waals surface area contributed by atoms with Crippen molar-refractivity contribution >= 4 is 31.9 Å².